The number of benzene rings is 3. The molecule has 3 aromatic rings. The SMILES string of the molecule is N#C/C(=C\c1ccc(OCC(=O)Nc2ccc(Cl)c(Cl)c2)c(Br)c1)C(=O)Nc1cccc(C(F)(F)F)c1. The first-order chi connectivity index (χ1) is 17.5. The molecule has 0 aliphatic carbocycles. The van der Waals surface area contributed by atoms with E-state index in [1.807, 2.05) is 0 Å². The zero-order valence-corrected chi connectivity index (χ0v) is 21.6. The Morgan fingerprint density at radius 1 is 1.00 bits per heavy atom. The maximum absolute atomic E-state index is 12.9. The fourth-order valence-electron chi connectivity index (χ4n) is 2.93. The molecular weight excluding hydrogens is 598 g/mol. The van der Waals surface area contributed by atoms with E-state index in [9.17, 15) is 28.0 Å². The Balaban J connectivity index is 1.65. The van der Waals surface area contributed by atoms with Crippen LogP contribution in [0.4, 0.5) is 24.5 Å². The minimum atomic E-state index is -4.57. The molecule has 0 spiro atoms. The number of alkyl halides is 3. The monoisotopic (exact) mass is 611 g/mol. The molecule has 3 rings (SSSR count). The number of hydrogen-bond donors (Lipinski definition) is 2. The van der Waals surface area contributed by atoms with Gasteiger partial charge in [-0.05, 0) is 76.1 Å². The topological polar surface area (TPSA) is 91.2 Å². The van der Waals surface area contributed by atoms with Gasteiger partial charge in [-0.1, -0.05) is 35.3 Å². The Labute approximate surface area is 227 Å². The largest absolute Gasteiger partial charge is 0.483 e. The number of carbonyl (C=O) groups excluding carboxylic acids is 2. The maximum atomic E-state index is 12.9. The van der Waals surface area contributed by atoms with Crippen LogP contribution in [0.3, 0.4) is 0 Å². The van der Waals surface area contributed by atoms with Crippen LogP contribution in [0.25, 0.3) is 6.08 Å². The van der Waals surface area contributed by atoms with Crippen molar-refractivity contribution in [3.8, 4) is 11.8 Å². The number of halogens is 6. The fraction of sp³-hybridized carbons (Fsp3) is 0.0800. The third kappa shape index (κ3) is 7.98. The average molecular weight is 613 g/mol. The van der Waals surface area contributed by atoms with E-state index in [4.69, 9.17) is 27.9 Å². The van der Waals surface area contributed by atoms with E-state index in [-0.39, 0.29) is 22.9 Å². The molecule has 0 saturated carbocycles. The van der Waals surface area contributed by atoms with E-state index in [0.29, 0.717) is 26.5 Å². The van der Waals surface area contributed by atoms with Crippen molar-refractivity contribution in [2.45, 2.75) is 6.18 Å². The van der Waals surface area contributed by atoms with Crippen molar-refractivity contribution in [2.24, 2.45) is 0 Å². The molecule has 2 amide bonds. The van der Waals surface area contributed by atoms with Crippen molar-refractivity contribution < 1.29 is 27.5 Å². The van der Waals surface area contributed by atoms with Crippen LogP contribution in [0, 0.1) is 11.3 Å². The normalized spacial score (nSPS) is 11.4. The first kappa shape index (κ1) is 28.1. The lowest BCUT2D eigenvalue weighted by atomic mass is 10.1. The molecule has 12 heteroatoms. The highest BCUT2D eigenvalue weighted by molar-refractivity contribution is 9.10. The van der Waals surface area contributed by atoms with Crippen LogP contribution in [-0.2, 0) is 15.8 Å². The number of rotatable bonds is 7. The molecular formula is C25H15BrCl2F3N3O3. The van der Waals surface area contributed by atoms with Gasteiger partial charge in [0.15, 0.2) is 6.61 Å². The molecule has 0 unspecified atom stereocenters. The Morgan fingerprint density at radius 3 is 2.38 bits per heavy atom. The summed E-state index contributed by atoms with van der Waals surface area (Å²) in [5, 5.41) is 14.9. The number of anilines is 2. The van der Waals surface area contributed by atoms with Gasteiger partial charge in [0.05, 0.1) is 20.1 Å². The highest BCUT2D eigenvalue weighted by Crippen LogP contribution is 2.31. The third-order valence-corrected chi connectivity index (χ3v) is 6.00. The molecule has 0 aromatic heterocycles. The van der Waals surface area contributed by atoms with Gasteiger partial charge in [0, 0.05) is 11.4 Å². The van der Waals surface area contributed by atoms with Crippen molar-refractivity contribution in [2.75, 3.05) is 17.2 Å². The molecule has 3 aromatic carbocycles. The number of nitriles is 1. The van der Waals surface area contributed by atoms with Gasteiger partial charge in [-0.2, -0.15) is 18.4 Å². The zero-order valence-electron chi connectivity index (χ0n) is 18.5. The summed E-state index contributed by atoms with van der Waals surface area (Å²) in [4.78, 5) is 24.6. The second-order valence-electron chi connectivity index (χ2n) is 7.36. The van der Waals surface area contributed by atoms with Gasteiger partial charge < -0.3 is 15.4 Å². The first-order valence-electron chi connectivity index (χ1n) is 10.2. The van der Waals surface area contributed by atoms with Crippen LogP contribution in [-0.4, -0.2) is 18.4 Å². The van der Waals surface area contributed by atoms with Crippen molar-refractivity contribution >= 4 is 68.4 Å². The lowest BCUT2D eigenvalue weighted by molar-refractivity contribution is -0.137. The van der Waals surface area contributed by atoms with Crippen LogP contribution < -0.4 is 15.4 Å². The minimum absolute atomic E-state index is 0.106. The Kier molecular flexibility index (Phi) is 9.21. The van der Waals surface area contributed by atoms with E-state index in [2.05, 4.69) is 26.6 Å². The van der Waals surface area contributed by atoms with E-state index in [1.165, 1.54) is 30.3 Å². The highest BCUT2D eigenvalue weighted by atomic mass is 79.9. The van der Waals surface area contributed by atoms with Gasteiger partial charge in [-0.15, -0.1) is 0 Å². The van der Waals surface area contributed by atoms with Crippen LogP contribution in [0.1, 0.15) is 11.1 Å². The standard InChI is InChI=1S/C25H15BrCl2F3N3O3/c26-19-9-14(4-7-22(19)37-13-23(35)33-18-5-6-20(27)21(28)11-18)8-15(12-32)24(36)34-17-3-1-2-16(10-17)25(29,30)31/h1-11H,13H2,(H,33,35)(H,34,36)/b15-8+. The molecule has 0 fully saturated rings. The second kappa shape index (κ2) is 12.1. The Bertz CT molecular complexity index is 1420. The van der Waals surface area contributed by atoms with Gasteiger partial charge in [-0.25, -0.2) is 0 Å². The summed E-state index contributed by atoms with van der Waals surface area (Å²) in [6.45, 7) is -0.323. The highest BCUT2D eigenvalue weighted by Gasteiger charge is 2.30. The van der Waals surface area contributed by atoms with E-state index >= 15 is 0 Å². The smallest absolute Gasteiger partial charge is 0.416 e. The van der Waals surface area contributed by atoms with E-state index in [0.717, 1.165) is 18.2 Å². The lowest BCUT2D eigenvalue weighted by Crippen LogP contribution is -2.20. The summed E-state index contributed by atoms with van der Waals surface area (Å²) in [6.07, 6.45) is -3.32. The summed E-state index contributed by atoms with van der Waals surface area (Å²) in [5.74, 6) is -1.02. The molecule has 0 saturated heterocycles. The Hall–Kier alpha value is -3.52. The summed E-state index contributed by atoms with van der Waals surface area (Å²) < 4.78 is 44.6. The second-order valence-corrected chi connectivity index (χ2v) is 9.03. The number of carbonyl (C=O) groups is 2. The van der Waals surface area contributed by atoms with Gasteiger partial charge in [0.2, 0.25) is 0 Å². The van der Waals surface area contributed by atoms with Crippen molar-refractivity contribution in [3.05, 3.63) is 91.9 Å². The molecule has 2 N–H and O–H groups in total. The Morgan fingerprint density at radius 2 is 1.73 bits per heavy atom. The maximum Gasteiger partial charge on any atom is 0.416 e. The van der Waals surface area contributed by atoms with Crippen molar-refractivity contribution in [1.82, 2.24) is 0 Å². The molecule has 6 nitrogen and oxygen atoms in total. The van der Waals surface area contributed by atoms with Gasteiger partial charge in [0.25, 0.3) is 11.8 Å². The molecule has 0 aliphatic rings. The van der Waals surface area contributed by atoms with Crippen molar-refractivity contribution in [1.29, 1.82) is 5.26 Å². The first-order valence-corrected chi connectivity index (χ1v) is 11.8. The van der Waals surface area contributed by atoms with Crippen LogP contribution in [0.15, 0.2) is 70.7 Å². The quantitative estimate of drug-likeness (QED) is 0.216. The number of nitrogens with one attached hydrogen (secondary N) is 2. The predicted molar refractivity (Wildman–Crippen MR) is 138 cm³/mol. The molecule has 190 valence electrons. The molecule has 0 radical (unpaired) electrons. The number of ether oxygens (including phenoxy) is 1. The summed E-state index contributed by atoms with van der Waals surface area (Å²) in [6, 6.07) is 15.0. The summed E-state index contributed by atoms with van der Waals surface area (Å²) in [7, 11) is 0. The number of amides is 2. The third-order valence-electron chi connectivity index (χ3n) is 4.64. The van der Waals surface area contributed by atoms with Crippen LogP contribution in [0.2, 0.25) is 10.0 Å². The molecule has 0 bridgehead atoms. The van der Waals surface area contributed by atoms with Gasteiger partial charge >= 0.3 is 6.18 Å². The van der Waals surface area contributed by atoms with Gasteiger partial charge in [0.1, 0.15) is 17.4 Å². The minimum Gasteiger partial charge on any atom is -0.483 e. The van der Waals surface area contributed by atoms with Crippen LogP contribution >= 0.6 is 39.1 Å². The molecule has 0 heterocycles. The molecule has 0 aliphatic heterocycles. The average Bonchev–Trinajstić information content (AvgIpc) is 2.84. The van der Waals surface area contributed by atoms with Crippen molar-refractivity contribution in [3.63, 3.8) is 0 Å². The van der Waals surface area contributed by atoms with Gasteiger partial charge in [-0.3, -0.25) is 9.59 Å². The number of hydrogen-bond acceptors (Lipinski definition) is 4. The zero-order chi connectivity index (χ0) is 27.2. The summed E-state index contributed by atoms with van der Waals surface area (Å²) >= 11 is 15.1. The lowest BCUT2D eigenvalue weighted by Gasteiger charge is -2.11. The van der Waals surface area contributed by atoms with E-state index < -0.39 is 23.6 Å². The van der Waals surface area contributed by atoms with E-state index in [1.54, 1.807) is 24.3 Å². The van der Waals surface area contributed by atoms with Crippen LogP contribution in [0.5, 0.6) is 5.75 Å². The predicted octanol–water partition coefficient (Wildman–Crippen LogP) is 7.34. The fourth-order valence-corrected chi connectivity index (χ4v) is 3.73. The molecule has 37 heavy (non-hydrogen) atoms. The number of nitrogens with zero attached hydrogens (tertiary/aromatic N) is 1. The summed E-state index contributed by atoms with van der Waals surface area (Å²) in [5.41, 5.74) is -0.507. The molecule has 0 atom stereocenters.